The van der Waals surface area contributed by atoms with Crippen LogP contribution in [0.3, 0.4) is 0 Å². The average Bonchev–Trinajstić information content (AvgIpc) is 2.98. The number of benzene rings is 1. The number of carbonyl (C=O) groups excluding carboxylic acids is 1. The Morgan fingerprint density at radius 1 is 1.24 bits per heavy atom. The molecule has 6 heteroatoms. The van der Waals surface area contributed by atoms with Crippen LogP contribution in [0, 0.1) is 0 Å². The molecule has 0 saturated heterocycles. The quantitative estimate of drug-likeness (QED) is 0.687. The lowest BCUT2D eigenvalue weighted by molar-refractivity contribution is 0.0781. The number of nitrogen functional groups attached to an aromatic ring is 1. The summed E-state index contributed by atoms with van der Waals surface area (Å²) in [6, 6.07) is 13.5. The van der Waals surface area contributed by atoms with Gasteiger partial charge in [-0.2, -0.15) is 0 Å². The van der Waals surface area contributed by atoms with Crippen molar-refractivity contribution in [1.82, 2.24) is 14.9 Å². The minimum atomic E-state index is 0.0178. The molecule has 0 radical (unpaired) electrons. The fourth-order valence-corrected chi connectivity index (χ4v) is 3.16. The van der Waals surface area contributed by atoms with Crippen LogP contribution in [0.1, 0.15) is 16.1 Å². The number of aromatic nitrogens is 2. The Balaban J connectivity index is 1.89. The van der Waals surface area contributed by atoms with Crippen LogP contribution < -0.4 is 11.1 Å². The predicted octanol–water partition coefficient (Wildman–Crippen LogP) is 3.03. The third-order valence-electron chi connectivity index (χ3n) is 4.45. The first kappa shape index (κ1) is 15.3. The molecule has 1 aliphatic heterocycles. The smallest absolute Gasteiger partial charge is 0.257 e. The second-order valence-electron chi connectivity index (χ2n) is 6.17. The Kier molecular flexibility index (Phi) is 3.65. The largest absolute Gasteiger partial charge is 0.384 e. The zero-order valence-corrected chi connectivity index (χ0v) is 13.9. The second kappa shape index (κ2) is 5.98. The van der Waals surface area contributed by atoms with E-state index in [1.54, 1.807) is 11.1 Å². The monoisotopic (exact) mass is 333 g/mol. The fraction of sp³-hybridized carbons (Fsp3) is 0.158. The highest BCUT2D eigenvalue weighted by molar-refractivity contribution is 6.06. The van der Waals surface area contributed by atoms with Crippen LogP contribution in [0.2, 0.25) is 0 Å². The number of para-hydroxylation sites is 1. The van der Waals surface area contributed by atoms with Crippen molar-refractivity contribution >= 4 is 23.1 Å². The molecule has 0 saturated carbocycles. The number of fused-ring (bicyclic) bond motifs is 1. The van der Waals surface area contributed by atoms with Crippen LogP contribution in [0.25, 0.3) is 11.3 Å². The first-order valence-electron chi connectivity index (χ1n) is 8.18. The fourth-order valence-electron chi connectivity index (χ4n) is 3.16. The number of aromatic amines is 1. The number of hydrogen-bond acceptors (Lipinski definition) is 4. The van der Waals surface area contributed by atoms with Gasteiger partial charge in [0.05, 0.1) is 16.9 Å². The van der Waals surface area contributed by atoms with E-state index in [0.717, 1.165) is 34.7 Å². The van der Waals surface area contributed by atoms with E-state index in [0.29, 0.717) is 17.9 Å². The molecule has 126 valence electrons. The first-order valence-corrected chi connectivity index (χ1v) is 8.18. The third-order valence-corrected chi connectivity index (χ3v) is 4.45. The van der Waals surface area contributed by atoms with Gasteiger partial charge in [-0.25, -0.2) is 4.98 Å². The summed E-state index contributed by atoms with van der Waals surface area (Å²) in [5.41, 5.74) is 11.0. The van der Waals surface area contributed by atoms with E-state index in [1.807, 2.05) is 49.5 Å². The highest BCUT2D eigenvalue weighted by atomic mass is 16.2. The normalized spacial score (nSPS) is 13.6. The highest BCUT2D eigenvalue weighted by Crippen LogP contribution is 2.37. The van der Waals surface area contributed by atoms with Crippen LogP contribution in [0.15, 0.2) is 48.7 Å². The van der Waals surface area contributed by atoms with Crippen LogP contribution in [-0.4, -0.2) is 34.4 Å². The van der Waals surface area contributed by atoms with E-state index in [1.165, 1.54) is 0 Å². The number of likely N-dealkylation sites (N-methyl/N-ethyl adjacent to an activating group) is 1. The molecule has 0 bridgehead atoms. The Hall–Kier alpha value is -3.28. The summed E-state index contributed by atoms with van der Waals surface area (Å²) in [4.78, 5) is 22.0. The Labute approximate surface area is 145 Å². The molecule has 2 aromatic heterocycles. The third kappa shape index (κ3) is 2.71. The maximum Gasteiger partial charge on any atom is 0.257 e. The number of nitrogens with two attached hydrogens (primary N) is 1. The Bertz CT molecular complexity index is 932. The van der Waals surface area contributed by atoms with E-state index >= 15 is 0 Å². The molecule has 0 aliphatic carbocycles. The lowest BCUT2D eigenvalue weighted by Crippen LogP contribution is -2.34. The van der Waals surface area contributed by atoms with Crippen LogP contribution >= 0.6 is 0 Å². The van der Waals surface area contributed by atoms with Gasteiger partial charge in [-0.15, -0.1) is 0 Å². The highest BCUT2D eigenvalue weighted by Gasteiger charge is 2.29. The van der Waals surface area contributed by atoms with Gasteiger partial charge in [0.25, 0.3) is 5.91 Å². The van der Waals surface area contributed by atoms with Crippen LogP contribution in [0.4, 0.5) is 17.2 Å². The summed E-state index contributed by atoms with van der Waals surface area (Å²) in [6.07, 6.45) is 2.46. The minimum absolute atomic E-state index is 0.0178. The summed E-state index contributed by atoms with van der Waals surface area (Å²) in [7, 11) is 1.83. The maximum atomic E-state index is 12.8. The van der Waals surface area contributed by atoms with Crippen molar-refractivity contribution in [3.63, 3.8) is 0 Å². The van der Waals surface area contributed by atoms with Gasteiger partial charge in [0.2, 0.25) is 0 Å². The number of hydrogen-bond donors (Lipinski definition) is 3. The molecule has 3 aromatic rings. The molecule has 0 unspecified atom stereocenters. The van der Waals surface area contributed by atoms with Crippen molar-refractivity contribution in [3.8, 4) is 11.3 Å². The predicted molar refractivity (Wildman–Crippen MR) is 98.8 cm³/mol. The summed E-state index contributed by atoms with van der Waals surface area (Å²) < 4.78 is 0. The summed E-state index contributed by atoms with van der Waals surface area (Å²) >= 11 is 0. The number of rotatable bonds is 3. The molecule has 0 atom stereocenters. The van der Waals surface area contributed by atoms with Gasteiger partial charge in [-0.3, -0.25) is 4.79 Å². The lowest BCUT2D eigenvalue weighted by Gasteiger charge is -2.23. The zero-order chi connectivity index (χ0) is 17.4. The van der Waals surface area contributed by atoms with Gasteiger partial charge in [-0.1, -0.05) is 18.2 Å². The van der Waals surface area contributed by atoms with Crippen molar-refractivity contribution in [1.29, 1.82) is 0 Å². The molecule has 0 spiro atoms. The molecule has 4 N–H and O–H groups in total. The van der Waals surface area contributed by atoms with E-state index in [4.69, 9.17) is 5.73 Å². The van der Waals surface area contributed by atoms with Crippen molar-refractivity contribution in [2.75, 3.05) is 24.6 Å². The molecule has 3 heterocycles. The van der Waals surface area contributed by atoms with Crippen molar-refractivity contribution in [2.45, 2.75) is 6.42 Å². The Morgan fingerprint density at radius 2 is 2.04 bits per heavy atom. The van der Waals surface area contributed by atoms with Crippen molar-refractivity contribution < 1.29 is 4.79 Å². The van der Waals surface area contributed by atoms with Gasteiger partial charge in [-0.05, 0) is 24.3 Å². The van der Waals surface area contributed by atoms with E-state index in [2.05, 4.69) is 15.3 Å². The number of pyridine rings is 1. The number of nitrogens with zero attached hydrogens (tertiary/aromatic N) is 2. The minimum Gasteiger partial charge on any atom is -0.384 e. The SMILES string of the molecule is CN1CCc2[nH]c(-c3ccnc(N)c3)c(Nc3ccccc3)c2C1=O. The summed E-state index contributed by atoms with van der Waals surface area (Å²) in [6.45, 7) is 0.703. The summed E-state index contributed by atoms with van der Waals surface area (Å²) in [5, 5.41) is 3.41. The maximum absolute atomic E-state index is 12.8. The molecular formula is C19H19N5O. The van der Waals surface area contributed by atoms with Gasteiger partial charge in [0.15, 0.2) is 0 Å². The van der Waals surface area contributed by atoms with Crippen molar-refractivity contribution in [3.05, 3.63) is 59.9 Å². The molecule has 4 rings (SSSR count). The van der Waals surface area contributed by atoms with Gasteiger partial charge < -0.3 is 20.9 Å². The number of anilines is 3. The molecule has 1 aromatic carbocycles. The standard InChI is InChI=1S/C19H19N5O/c1-24-10-8-14-16(19(24)25)18(22-13-5-3-2-4-6-13)17(23-14)12-7-9-21-15(20)11-12/h2-7,9,11,22-23H,8,10H2,1H3,(H2,20,21). The number of nitrogens with one attached hydrogen (secondary N) is 2. The lowest BCUT2D eigenvalue weighted by atomic mass is 10.0. The Morgan fingerprint density at radius 3 is 2.80 bits per heavy atom. The molecule has 6 nitrogen and oxygen atoms in total. The van der Waals surface area contributed by atoms with E-state index in [9.17, 15) is 4.79 Å². The number of amides is 1. The van der Waals surface area contributed by atoms with Gasteiger partial charge in [0, 0.05) is 43.2 Å². The topological polar surface area (TPSA) is 87.0 Å². The molecular weight excluding hydrogens is 314 g/mol. The zero-order valence-electron chi connectivity index (χ0n) is 13.9. The number of carbonyl (C=O) groups is 1. The molecule has 1 amide bonds. The van der Waals surface area contributed by atoms with Gasteiger partial charge in [0.1, 0.15) is 5.82 Å². The second-order valence-corrected chi connectivity index (χ2v) is 6.17. The first-order chi connectivity index (χ1) is 12.1. The molecule has 1 aliphatic rings. The van der Waals surface area contributed by atoms with Crippen LogP contribution in [0.5, 0.6) is 0 Å². The summed E-state index contributed by atoms with van der Waals surface area (Å²) in [5.74, 6) is 0.461. The van der Waals surface area contributed by atoms with E-state index in [-0.39, 0.29) is 5.91 Å². The van der Waals surface area contributed by atoms with Gasteiger partial charge >= 0.3 is 0 Å². The number of H-pyrrole nitrogens is 1. The van der Waals surface area contributed by atoms with Crippen molar-refractivity contribution in [2.24, 2.45) is 0 Å². The van der Waals surface area contributed by atoms with E-state index < -0.39 is 0 Å². The van der Waals surface area contributed by atoms with Crippen LogP contribution in [-0.2, 0) is 6.42 Å². The molecule has 0 fully saturated rings. The average molecular weight is 333 g/mol. The molecule has 25 heavy (non-hydrogen) atoms.